The number of nitrogens with zero attached hydrogens (tertiary/aromatic N) is 5. The van der Waals surface area contributed by atoms with E-state index in [2.05, 4.69) is 9.97 Å². The third kappa shape index (κ3) is 4.17. The first-order valence-electron chi connectivity index (χ1n) is 11.4. The molecule has 3 aromatic rings. The molecule has 8 heteroatoms. The summed E-state index contributed by atoms with van der Waals surface area (Å²) in [6.07, 6.45) is 2.44. The zero-order valence-corrected chi connectivity index (χ0v) is 20.0. The number of carbonyl (C=O) groups is 2. The third-order valence-electron chi connectivity index (χ3n) is 6.59. The Kier molecular flexibility index (Phi) is 6.35. The van der Waals surface area contributed by atoms with Crippen LogP contribution in [0.25, 0.3) is 10.9 Å². The average Bonchev–Trinajstić information content (AvgIpc) is 3.44. The molecule has 0 saturated carbocycles. The Hall–Kier alpha value is -3.42. The van der Waals surface area contributed by atoms with Crippen molar-refractivity contribution in [3.63, 3.8) is 0 Å². The minimum Gasteiger partial charge on any atom is -0.497 e. The van der Waals surface area contributed by atoms with Crippen LogP contribution >= 0.6 is 0 Å². The molecule has 2 amide bonds. The van der Waals surface area contributed by atoms with Crippen LogP contribution in [-0.2, 0) is 7.05 Å². The van der Waals surface area contributed by atoms with E-state index < -0.39 is 0 Å². The second-order valence-corrected chi connectivity index (χ2v) is 8.45. The number of methoxy groups -OCH3 is 1. The molecule has 1 saturated heterocycles. The van der Waals surface area contributed by atoms with Gasteiger partial charge in [-0.2, -0.15) is 0 Å². The van der Waals surface area contributed by atoms with Crippen LogP contribution < -0.4 is 4.74 Å². The highest BCUT2D eigenvalue weighted by atomic mass is 16.5. The molecule has 3 heterocycles. The summed E-state index contributed by atoms with van der Waals surface area (Å²) >= 11 is 0. The Bertz CT molecular complexity index is 1200. The van der Waals surface area contributed by atoms with Gasteiger partial charge in [0.15, 0.2) is 0 Å². The summed E-state index contributed by atoms with van der Waals surface area (Å²) in [7, 11) is 3.55. The molecular formula is C25H31N5O3. The van der Waals surface area contributed by atoms with E-state index in [1.807, 2.05) is 61.6 Å². The largest absolute Gasteiger partial charge is 0.497 e. The maximum Gasteiger partial charge on any atom is 0.270 e. The molecule has 1 unspecified atom stereocenters. The minimum atomic E-state index is -0.0420. The van der Waals surface area contributed by atoms with Gasteiger partial charge in [0.05, 0.1) is 18.4 Å². The maximum absolute atomic E-state index is 13.3. The van der Waals surface area contributed by atoms with Crippen molar-refractivity contribution in [1.82, 2.24) is 24.3 Å². The van der Waals surface area contributed by atoms with Crippen LogP contribution in [0, 0.1) is 6.92 Å². The van der Waals surface area contributed by atoms with E-state index in [9.17, 15) is 9.59 Å². The van der Waals surface area contributed by atoms with Gasteiger partial charge in [-0.05, 0) is 51.5 Å². The highest BCUT2D eigenvalue weighted by Gasteiger charge is 2.31. The molecule has 0 N–H and O–H groups in total. The standard InChI is InChI=1S/C25H31N5O3/c1-6-29(7-2)24(31)20-14-26-23(27-16(20)3)17-10-11-30(15-17)25(32)22-13-18-12-19(33-5)8-9-21(18)28(22)4/h8-9,12-14,17H,6-7,10-11,15H2,1-5H3. The van der Waals surface area contributed by atoms with Gasteiger partial charge in [-0.25, -0.2) is 9.97 Å². The van der Waals surface area contributed by atoms with E-state index in [1.165, 1.54) is 0 Å². The highest BCUT2D eigenvalue weighted by molar-refractivity contribution is 5.99. The summed E-state index contributed by atoms with van der Waals surface area (Å²) in [5.74, 6) is 1.48. The Morgan fingerprint density at radius 1 is 1.21 bits per heavy atom. The van der Waals surface area contributed by atoms with Crippen LogP contribution in [0.4, 0.5) is 0 Å². The number of likely N-dealkylation sites (tertiary alicyclic amines) is 1. The second-order valence-electron chi connectivity index (χ2n) is 8.45. The molecule has 1 aliphatic heterocycles. The zero-order chi connectivity index (χ0) is 23.7. The number of fused-ring (bicyclic) bond motifs is 1. The number of hydrogen-bond donors (Lipinski definition) is 0. The third-order valence-corrected chi connectivity index (χ3v) is 6.59. The monoisotopic (exact) mass is 449 g/mol. The quantitative estimate of drug-likeness (QED) is 0.576. The molecule has 1 fully saturated rings. The van der Waals surface area contributed by atoms with E-state index in [4.69, 9.17) is 4.74 Å². The second kappa shape index (κ2) is 9.21. The molecule has 1 aromatic carbocycles. The lowest BCUT2D eigenvalue weighted by molar-refractivity contribution is 0.0768. The number of aromatic nitrogens is 3. The van der Waals surface area contributed by atoms with Crippen LogP contribution in [0.15, 0.2) is 30.5 Å². The molecule has 1 aliphatic rings. The summed E-state index contributed by atoms with van der Waals surface area (Å²) in [4.78, 5) is 38.8. The number of amides is 2. The fourth-order valence-corrected chi connectivity index (χ4v) is 4.55. The van der Waals surface area contributed by atoms with E-state index in [-0.39, 0.29) is 17.7 Å². The number of benzene rings is 1. The highest BCUT2D eigenvalue weighted by Crippen LogP contribution is 2.29. The molecule has 2 aromatic heterocycles. The van der Waals surface area contributed by atoms with Crippen molar-refractivity contribution in [3.8, 4) is 5.75 Å². The molecule has 4 rings (SSSR count). The van der Waals surface area contributed by atoms with E-state index in [0.717, 1.165) is 23.1 Å². The molecule has 0 spiro atoms. The lowest BCUT2D eigenvalue weighted by Crippen LogP contribution is -2.31. The topological polar surface area (TPSA) is 80.6 Å². The molecule has 33 heavy (non-hydrogen) atoms. The van der Waals surface area contributed by atoms with Gasteiger partial charge in [-0.15, -0.1) is 0 Å². The Morgan fingerprint density at radius 3 is 2.64 bits per heavy atom. The Balaban J connectivity index is 1.51. The van der Waals surface area contributed by atoms with E-state index >= 15 is 0 Å². The fourth-order valence-electron chi connectivity index (χ4n) is 4.55. The Morgan fingerprint density at radius 2 is 1.97 bits per heavy atom. The van der Waals surface area contributed by atoms with Crippen LogP contribution in [0.5, 0.6) is 5.75 Å². The molecule has 1 atom stereocenters. The van der Waals surface area contributed by atoms with Gasteiger partial charge < -0.3 is 19.1 Å². The average molecular weight is 450 g/mol. The van der Waals surface area contributed by atoms with Gasteiger partial charge >= 0.3 is 0 Å². The predicted molar refractivity (Wildman–Crippen MR) is 127 cm³/mol. The van der Waals surface area contributed by atoms with Crippen molar-refractivity contribution >= 4 is 22.7 Å². The van der Waals surface area contributed by atoms with Crippen LogP contribution in [0.1, 0.15) is 58.6 Å². The van der Waals surface area contributed by atoms with Gasteiger partial charge in [0.2, 0.25) is 0 Å². The fraction of sp³-hybridized carbons (Fsp3) is 0.440. The lowest BCUT2D eigenvalue weighted by atomic mass is 10.1. The molecule has 8 nitrogen and oxygen atoms in total. The number of aryl methyl sites for hydroxylation is 2. The van der Waals surface area contributed by atoms with Crippen LogP contribution in [-0.4, -0.2) is 69.4 Å². The summed E-state index contributed by atoms with van der Waals surface area (Å²) in [5, 5.41) is 0.975. The summed E-state index contributed by atoms with van der Waals surface area (Å²) in [6, 6.07) is 7.73. The van der Waals surface area contributed by atoms with Crippen molar-refractivity contribution in [2.75, 3.05) is 33.3 Å². The number of carbonyl (C=O) groups excluding carboxylic acids is 2. The van der Waals surface area contributed by atoms with Gasteiger partial charge in [0.25, 0.3) is 11.8 Å². The molecule has 0 aliphatic carbocycles. The van der Waals surface area contributed by atoms with E-state index in [1.54, 1.807) is 18.2 Å². The first kappa shape index (κ1) is 22.8. The molecule has 0 radical (unpaired) electrons. The molecule has 174 valence electrons. The van der Waals surface area contributed by atoms with Gasteiger partial charge in [-0.1, -0.05) is 0 Å². The maximum atomic E-state index is 13.3. The Labute approximate surface area is 194 Å². The van der Waals surface area contributed by atoms with Crippen molar-refractivity contribution in [2.45, 2.75) is 33.1 Å². The molecule has 0 bridgehead atoms. The first-order valence-corrected chi connectivity index (χ1v) is 11.4. The van der Waals surface area contributed by atoms with Crippen molar-refractivity contribution in [3.05, 3.63) is 53.2 Å². The minimum absolute atomic E-state index is 0.000204. The summed E-state index contributed by atoms with van der Waals surface area (Å²) < 4.78 is 7.24. The zero-order valence-electron chi connectivity index (χ0n) is 20.0. The predicted octanol–water partition coefficient (Wildman–Crippen LogP) is 3.40. The van der Waals surface area contributed by atoms with Crippen LogP contribution in [0.2, 0.25) is 0 Å². The first-order chi connectivity index (χ1) is 15.9. The molecular weight excluding hydrogens is 418 g/mol. The number of hydrogen-bond acceptors (Lipinski definition) is 5. The van der Waals surface area contributed by atoms with Gasteiger partial charge in [-0.3, -0.25) is 9.59 Å². The normalized spacial score (nSPS) is 15.8. The van der Waals surface area contributed by atoms with E-state index in [0.29, 0.717) is 49.0 Å². The van der Waals surface area contributed by atoms with Crippen molar-refractivity contribution in [2.24, 2.45) is 7.05 Å². The smallest absolute Gasteiger partial charge is 0.270 e. The SMILES string of the molecule is CCN(CC)C(=O)c1cnc(C2CCN(C(=O)c3cc4cc(OC)ccc4n3C)C2)nc1C. The number of ether oxygens (including phenoxy) is 1. The van der Waals surface area contributed by atoms with Crippen molar-refractivity contribution < 1.29 is 14.3 Å². The number of rotatable bonds is 6. The van der Waals surface area contributed by atoms with Gasteiger partial charge in [0, 0.05) is 56.2 Å². The van der Waals surface area contributed by atoms with Crippen molar-refractivity contribution in [1.29, 1.82) is 0 Å². The van der Waals surface area contributed by atoms with Gasteiger partial charge in [0.1, 0.15) is 17.3 Å². The lowest BCUT2D eigenvalue weighted by Gasteiger charge is -2.20. The summed E-state index contributed by atoms with van der Waals surface area (Å²) in [5.41, 5.74) is 2.86. The van der Waals surface area contributed by atoms with Crippen LogP contribution in [0.3, 0.4) is 0 Å². The summed E-state index contributed by atoms with van der Waals surface area (Å²) in [6.45, 7) is 8.28.